The van der Waals surface area contributed by atoms with E-state index < -0.39 is 51.2 Å². The highest BCUT2D eigenvalue weighted by atomic mass is 35.5. The van der Waals surface area contributed by atoms with Crippen molar-refractivity contribution in [3.63, 3.8) is 0 Å². The van der Waals surface area contributed by atoms with Crippen LogP contribution >= 0.6 is 11.6 Å². The van der Waals surface area contributed by atoms with Crippen molar-refractivity contribution in [3.05, 3.63) is 70.3 Å². The molecule has 7 atom stereocenters. The maximum atomic E-state index is 14.6. The molecule has 2 aromatic carbocycles. The van der Waals surface area contributed by atoms with E-state index in [4.69, 9.17) is 16.3 Å². The number of alkyl halides is 3. The first-order valence-electron chi connectivity index (χ1n) is 15.3. The van der Waals surface area contributed by atoms with Gasteiger partial charge in [-0.15, -0.1) is 0 Å². The third-order valence-electron chi connectivity index (χ3n) is 10.4. The minimum absolute atomic E-state index is 0.173. The third kappa shape index (κ3) is 5.55. The van der Waals surface area contributed by atoms with Gasteiger partial charge in [-0.1, -0.05) is 30.7 Å². The molecule has 2 aliphatic carbocycles. The summed E-state index contributed by atoms with van der Waals surface area (Å²) in [5.41, 5.74) is -0.288. The highest BCUT2D eigenvalue weighted by Gasteiger charge is 2.61. The number of ether oxygens (including phenoxy) is 1. The molecule has 6 rings (SSSR count). The molecule has 238 valence electrons. The van der Waals surface area contributed by atoms with Crippen LogP contribution in [-0.2, 0) is 22.8 Å². The predicted molar refractivity (Wildman–Crippen MR) is 165 cm³/mol. The number of allylic oxidation sites excluding steroid dienone is 1. The Kier molecular flexibility index (Phi) is 8.33. The van der Waals surface area contributed by atoms with Crippen LogP contribution in [0.2, 0.25) is 5.02 Å². The van der Waals surface area contributed by atoms with Gasteiger partial charge in [0.2, 0.25) is 0 Å². The van der Waals surface area contributed by atoms with Crippen LogP contribution < -0.4 is 14.4 Å². The fourth-order valence-corrected chi connectivity index (χ4v) is 8.66. The van der Waals surface area contributed by atoms with Gasteiger partial charge in [0.25, 0.3) is 5.91 Å². The van der Waals surface area contributed by atoms with Crippen molar-refractivity contribution >= 4 is 34.2 Å². The number of aliphatic hydroxyl groups is 1. The standard InChI is InChI=1S/C33H38ClF3N2O4S/c1-20-5-3-14-32(41,33(35,36)37)27-10-7-24(27)17-39-18-31(13-4-6-22-15-25(34)9-11-26(22)31)19-43-29-12-8-23(16-28(29)39)30(40)38-44(42)21(20)2/h3,8-9,11-12,14-16,20-21,24,27,41H,4-7,10,13,17-19H2,1-2H3,(H,38,40)/b14-3+/t20?,21?,24?,27?,31-,32+,44?/m0/s1. The van der Waals surface area contributed by atoms with E-state index in [1.165, 1.54) is 6.08 Å². The molecule has 4 aliphatic rings. The Morgan fingerprint density at radius 2 is 1.95 bits per heavy atom. The molecular formula is C33H38ClF3N2O4S. The predicted octanol–water partition coefficient (Wildman–Crippen LogP) is 6.51. The van der Waals surface area contributed by atoms with Gasteiger partial charge in [-0.2, -0.15) is 13.2 Å². The largest absolute Gasteiger partial charge is 0.490 e. The molecule has 0 saturated heterocycles. The van der Waals surface area contributed by atoms with Gasteiger partial charge in [0, 0.05) is 35.0 Å². The Hall–Kier alpha value is -2.56. The van der Waals surface area contributed by atoms with Crippen molar-refractivity contribution in [2.24, 2.45) is 17.8 Å². The minimum atomic E-state index is -4.86. The molecule has 0 aromatic heterocycles. The summed E-state index contributed by atoms with van der Waals surface area (Å²) in [5, 5.41) is 11.4. The van der Waals surface area contributed by atoms with E-state index in [0.29, 0.717) is 41.6 Å². The van der Waals surface area contributed by atoms with Crippen molar-refractivity contribution in [2.45, 2.75) is 74.8 Å². The fraction of sp³-hybridized carbons (Fsp3) is 0.545. The molecule has 1 saturated carbocycles. The average molecular weight is 651 g/mol. The first-order chi connectivity index (χ1) is 20.8. The Morgan fingerprint density at radius 1 is 1.16 bits per heavy atom. The normalized spacial score (nSPS) is 34.9. The van der Waals surface area contributed by atoms with Gasteiger partial charge in [-0.3, -0.25) is 9.52 Å². The molecule has 11 heteroatoms. The van der Waals surface area contributed by atoms with Crippen molar-refractivity contribution in [1.82, 2.24) is 4.72 Å². The number of amides is 1. The highest BCUT2D eigenvalue weighted by molar-refractivity contribution is 7.84. The second kappa shape index (κ2) is 11.7. The van der Waals surface area contributed by atoms with Crippen molar-refractivity contribution < 1.29 is 32.0 Å². The molecule has 5 unspecified atom stereocenters. The first-order valence-corrected chi connectivity index (χ1v) is 16.9. The Balaban J connectivity index is 1.45. The Labute approximate surface area is 263 Å². The molecule has 0 radical (unpaired) electrons. The summed E-state index contributed by atoms with van der Waals surface area (Å²) >= 11 is 6.35. The van der Waals surface area contributed by atoms with Crippen LogP contribution in [0.4, 0.5) is 18.9 Å². The van der Waals surface area contributed by atoms with Crippen molar-refractivity contribution in [2.75, 3.05) is 24.6 Å². The number of rotatable bonds is 0. The van der Waals surface area contributed by atoms with Crippen LogP contribution in [0.1, 0.15) is 67.4 Å². The van der Waals surface area contributed by atoms with Gasteiger partial charge in [-0.25, -0.2) is 4.21 Å². The molecule has 2 aliphatic heterocycles. The summed E-state index contributed by atoms with van der Waals surface area (Å²) in [6.45, 7) is 4.54. The maximum Gasteiger partial charge on any atom is 0.421 e. The molecule has 1 fully saturated rings. The SMILES string of the molecule is CC1C/C=C/[C@](O)(C(F)(F)F)C2CCC2CN2C[C@@]3(CCCc4cc(Cl)ccc43)COc3ccc(cc32)C(=O)NS(=O)C1C. The van der Waals surface area contributed by atoms with Gasteiger partial charge in [-0.05, 0) is 105 Å². The lowest BCUT2D eigenvalue weighted by Gasteiger charge is -2.49. The monoisotopic (exact) mass is 650 g/mol. The number of fused-ring (bicyclic) bond motifs is 4. The summed E-state index contributed by atoms with van der Waals surface area (Å²) in [5.74, 6) is -1.74. The number of nitrogens with one attached hydrogen (secondary N) is 1. The number of carbonyl (C=O) groups is 1. The number of aryl methyl sites for hydroxylation is 1. The van der Waals surface area contributed by atoms with E-state index in [1.54, 1.807) is 32.0 Å². The lowest BCUT2D eigenvalue weighted by molar-refractivity contribution is -0.273. The second-order valence-corrected chi connectivity index (χ2v) is 15.1. The molecule has 2 heterocycles. The van der Waals surface area contributed by atoms with E-state index in [2.05, 4.69) is 4.72 Å². The maximum absolute atomic E-state index is 14.6. The topological polar surface area (TPSA) is 78.9 Å². The van der Waals surface area contributed by atoms with E-state index in [-0.39, 0.29) is 25.3 Å². The molecule has 44 heavy (non-hydrogen) atoms. The van der Waals surface area contributed by atoms with Crippen LogP contribution in [0, 0.1) is 17.8 Å². The molecule has 2 bridgehead atoms. The zero-order valence-electron chi connectivity index (χ0n) is 24.8. The van der Waals surface area contributed by atoms with Gasteiger partial charge in [0.15, 0.2) is 5.60 Å². The highest BCUT2D eigenvalue weighted by Crippen LogP contribution is 2.52. The lowest BCUT2D eigenvalue weighted by Crippen LogP contribution is -2.58. The summed E-state index contributed by atoms with van der Waals surface area (Å²) in [6.07, 6.45) is 0.947. The smallest absolute Gasteiger partial charge is 0.421 e. The Bertz CT molecular complexity index is 1500. The van der Waals surface area contributed by atoms with E-state index in [9.17, 15) is 27.3 Å². The molecule has 2 N–H and O–H groups in total. The van der Waals surface area contributed by atoms with Crippen LogP contribution in [0.3, 0.4) is 0 Å². The molecule has 2 aromatic rings. The second-order valence-electron chi connectivity index (χ2n) is 13.1. The van der Waals surface area contributed by atoms with Crippen LogP contribution in [0.25, 0.3) is 0 Å². The van der Waals surface area contributed by atoms with Crippen LogP contribution in [-0.4, -0.2) is 51.9 Å². The van der Waals surface area contributed by atoms with Gasteiger partial charge >= 0.3 is 6.18 Å². The zero-order chi connectivity index (χ0) is 31.4. The number of nitrogens with zero attached hydrogens (tertiary/aromatic N) is 1. The quantitative estimate of drug-likeness (QED) is 0.318. The summed E-state index contributed by atoms with van der Waals surface area (Å²) in [6, 6.07) is 10.9. The van der Waals surface area contributed by atoms with Gasteiger partial charge < -0.3 is 14.7 Å². The summed E-state index contributed by atoms with van der Waals surface area (Å²) in [7, 11) is -1.78. The van der Waals surface area contributed by atoms with E-state index >= 15 is 0 Å². The van der Waals surface area contributed by atoms with Gasteiger partial charge in [0.1, 0.15) is 16.7 Å². The van der Waals surface area contributed by atoms with Gasteiger partial charge in [0.05, 0.1) is 17.5 Å². The third-order valence-corrected chi connectivity index (χ3v) is 12.2. The molecule has 6 nitrogen and oxygen atoms in total. The fourth-order valence-electron chi connectivity index (χ4n) is 7.44. The number of halogens is 4. The molecule has 1 spiro atoms. The van der Waals surface area contributed by atoms with Crippen LogP contribution in [0.5, 0.6) is 5.75 Å². The molecule has 1 amide bonds. The summed E-state index contributed by atoms with van der Waals surface area (Å²) < 4.78 is 65.9. The number of carbonyl (C=O) groups excluding carboxylic acids is 1. The Morgan fingerprint density at radius 3 is 2.68 bits per heavy atom. The van der Waals surface area contributed by atoms with E-state index in [1.807, 2.05) is 23.1 Å². The number of benzene rings is 2. The lowest BCUT2D eigenvalue weighted by atomic mass is 9.63. The first kappa shape index (κ1) is 31.4. The number of hydrogen-bond donors (Lipinski definition) is 2. The number of anilines is 1. The average Bonchev–Trinajstić information content (AvgIpc) is 3.10. The van der Waals surface area contributed by atoms with Crippen molar-refractivity contribution in [1.29, 1.82) is 0 Å². The van der Waals surface area contributed by atoms with Crippen molar-refractivity contribution in [3.8, 4) is 5.75 Å². The zero-order valence-corrected chi connectivity index (χ0v) is 26.4. The van der Waals surface area contributed by atoms with Crippen LogP contribution in [0.15, 0.2) is 48.6 Å². The molecular weight excluding hydrogens is 613 g/mol. The minimum Gasteiger partial charge on any atom is -0.490 e. The number of hydrogen-bond acceptors (Lipinski definition) is 5. The van der Waals surface area contributed by atoms with E-state index in [0.717, 1.165) is 36.5 Å². The summed E-state index contributed by atoms with van der Waals surface area (Å²) in [4.78, 5) is 15.4.